The lowest BCUT2D eigenvalue weighted by Gasteiger charge is -2.18. The molecule has 0 atom stereocenters. The van der Waals surface area contributed by atoms with Crippen molar-refractivity contribution in [2.75, 3.05) is 25.0 Å². The number of aliphatic imine (C=N–C) groups is 1. The molecule has 1 saturated heterocycles. The normalized spacial score (nSPS) is 14.6. The molecule has 2 rings (SSSR count). The molecule has 5 nitrogen and oxygen atoms in total. The van der Waals surface area contributed by atoms with Crippen molar-refractivity contribution < 1.29 is 4.79 Å². The van der Waals surface area contributed by atoms with Gasteiger partial charge in [-0.15, -0.1) is 24.0 Å². The summed E-state index contributed by atoms with van der Waals surface area (Å²) in [4.78, 5) is 17.9. The fourth-order valence-corrected chi connectivity index (χ4v) is 2.94. The van der Waals surface area contributed by atoms with Gasteiger partial charge < -0.3 is 15.5 Å². The number of carbonyl (C=O) groups excluding carboxylic acids is 1. The van der Waals surface area contributed by atoms with Crippen LogP contribution in [0.25, 0.3) is 0 Å². The van der Waals surface area contributed by atoms with Gasteiger partial charge in [0.15, 0.2) is 5.96 Å². The third-order valence-electron chi connectivity index (χ3n) is 4.72. The van der Waals surface area contributed by atoms with Gasteiger partial charge in [0.2, 0.25) is 5.91 Å². The molecule has 0 saturated carbocycles. The van der Waals surface area contributed by atoms with E-state index in [9.17, 15) is 4.79 Å². The van der Waals surface area contributed by atoms with Gasteiger partial charge in [0.25, 0.3) is 0 Å². The fourth-order valence-electron chi connectivity index (χ4n) is 2.94. The molecule has 1 aliphatic rings. The predicted molar refractivity (Wildman–Crippen MR) is 116 cm³/mol. The van der Waals surface area contributed by atoms with Crippen LogP contribution in [-0.4, -0.2) is 32.0 Å². The zero-order valence-electron chi connectivity index (χ0n) is 15.5. The molecule has 0 unspecified atom stereocenters. The van der Waals surface area contributed by atoms with Gasteiger partial charge in [-0.2, -0.15) is 0 Å². The largest absolute Gasteiger partial charge is 0.356 e. The molecule has 6 heteroatoms. The number of nitrogens with zero attached hydrogens (tertiary/aromatic N) is 2. The van der Waals surface area contributed by atoms with Crippen LogP contribution in [0, 0.1) is 5.92 Å². The van der Waals surface area contributed by atoms with E-state index < -0.39 is 0 Å². The summed E-state index contributed by atoms with van der Waals surface area (Å²) < 4.78 is 0. The van der Waals surface area contributed by atoms with E-state index in [2.05, 4.69) is 41.6 Å². The second-order valence-electron chi connectivity index (χ2n) is 6.30. The molecular weight excluding hydrogens is 427 g/mol. The number of carbonyl (C=O) groups is 1. The van der Waals surface area contributed by atoms with Gasteiger partial charge in [0.05, 0.1) is 0 Å². The van der Waals surface area contributed by atoms with Crippen LogP contribution in [0.4, 0.5) is 5.69 Å². The molecule has 1 heterocycles. The third-order valence-corrected chi connectivity index (χ3v) is 4.72. The van der Waals surface area contributed by atoms with Crippen molar-refractivity contribution >= 4 is 41.5 Å². The molecule has 0 aromatic heterocycles. The van der Waals surface area contributed by atoms with Crippen molar-refractivity contribution in [1.82, 2.24) is 10.6 Å². The smallest absolute Gasteiger partial charge is 0.227 e. The van der Waals surface area contributed by atoms with Crippen LogP contribution in [0.5, 0.6) is 0 Å². The molecule has 0 bridgehead atoms. The Bertz CT molecular complexity index is 555. The summed E-state index contributed by atoms with van der Waals surface area (Å²) in [5.41, 5.74) is 2.17. The lowest BCUT2D eigenvalue weighted by Crippen LogP contribution is -2.39. The first-order valence-electron chi connectivity index (χ1n) is 9.01. The minimum absolute atomic E-state index is 0. The van der Waals surface area contributed by atoms with Gasteiger partial charge in [0.1, 0.15) is 0 Å². The molecular formula is C19H31IN4O. The van der Waals surface area contributed by atoms with Crippen molar-refractivity contribution in [3.8, 4) is 0 Å². The summed E-state index contributed by atoms with van der Waals surface area (Å²) in [7, 11) is 1.80. The lowest BCUT2D eigenvalue weighted by molar-refractivity contribution is -0.117. The van der Waals surface area contributed by atoms with E-state index in [0.717, 1.165) is 37.7 Å². The summed E-state index contributed by atoms with van der Waals surface area (Å²) in [5.74, 6) is 1.74. The topological polar surface area (TPSA) is 56.7 Å². The molecule has 2 N–H and O–H groups in total. The van der Waals surface area contributed by atoms with E-state index in [4.69, 9.17) is 0 Å². The summed E-state index contributed by atoms with van der Waals surface area (Å²) in [6.45, 7) is 6.94. The zero-order valence-corrected chi connectivity index (χ0v) is 17.9. The zero-order chi connectivity index (χ0) is 17.4. The summed E-state index contributed by atoms with van der Waals surface area (Å²) in [5, 5.41) is 6.73. The Morgan fingerprint density at radius 3 is 2.40 bits per heavy atom. The molecule has 140 valence electrons. The maximum atomic E-state index is 11.8. The van der Waals surface area contributed by atoms with Crippen LogP contribution in [0.3, 0.4) is 0 Å². The number of nitrogens with one attached hydrogen (secondary N) is 2. The van der Waals surface area contributed by atoms with Crippen molar-refractivity contribution in [2.45, 2.75) is 46.1 Å². The predicted octanol–water partition coefficient (Wildman–Crippen LogP) is 3.53. The number of rotatable bonds is 7. The van der Waals surface area contributed by atoms with Crippen LogP contribution in [0.1, 0.15) is 45.1 Å². The van der Waals surface area contributed by atoms with E-state index >= 15 is 0 Å². The Balaban J connectivity index is 0.00000312. The number of hydrogen-bond donors (Lipinski definition) is 2. The maximum Gasteiger partial charge on any atom is 0.227 e. The molecule has 1 aromatic carbocycles. The highest BCUT2D eigenvalue weighted by molar-refractivity contribution is 14.0. The van der Waals surface area contributed by atoms with Crippen LogP contribution in [0.2, 0.25) is 0 Å². The van der Waals surface area contributed by atoms with Crippen LogP contribution < -0.4 is 15.5 Å². The summed E-state index contributed by atoms with van der Waals surface area (Å²) >= 11 is 0. The van der Waals surface area contributed by atoms with E-state index in [0.29, 0.717) is 12.3 Å². The first-order valence-corrected chi connectivity index (χ1v) is 9.01. The van der Waals surface area contributed by atoms with Gasteiger partial charge in [-0.05, 0) is 30.0 Å². The highest BCUT2D eigenvalue weighted by Crippen LogP contribution is 2.21. The van der Waals surface area contributed by atoms with Crippen LogP contribution >= 0.6 is 24.0 Å². The molecule has 0 radical (unpaired) electrons. The second kappa shape index (κ2) is 11.3. The minimum atomic E-state index is 0. The number of hydrogen-bond acceptors (Lipinski definition) is 2. The van der Waals surface area contributed by atoms with E-state index in [1.54, 1.807) is 7.05 Å². The summed E-state index contributed by atoms with van der Waals surface area (Å²) in [6, 6.07) is 8.20. The average Bonchev–Trinajstić information content (AvgIpc) is 3.05. The Morgan fingerprint density at radius 2 is 1.88 bits per heavy atom. The van der Waals surface area contributed by atoms with E-state index in [-0.39, 0.29) is 29.9 Å². The highest BCUT2D eigenvalue weighted by Gasteiger charge is 2.21. The van der Waals surface area contributed by atoms with Gasteiger partial charge in [-0.1, -0.05) is 38.8 Å². The van der Waals surface area contributed by atoms with Gasteiger partial charge >= 0.3 is 0 Å². The van der Waals surface area contributed by atoms with Crippen LogP contribution in [0.15, 0.2) is 29.3 Å². The molecule has 1 amide bonds. The number of amides is 1. The van der Waals surface area contributed by atoms with Gasteiger partial charge in [0, 0.05) is 38.8 Å². The van der Waals surface area contributed by atoms with Gasteiger partial charge in [-0.25, -0.2) is 0 Å². The van der Waals surface area contributed by atoms with Crippen molar-refractivity contribution in [2.24, 2.45) is 10.9 Å². The number of anilines is 1. The van der Waals surface area contributed by atoms with Gasteiger partial charge in [-0.3, -0.25) is 9.79 Å². The van der Waals surface area contributed by atoms with Crippen molar-refractivity contribution in [1.29, 1.82) is 0 Å². The molecule has 0 aliphatic carbocycles. The molecule has 25 heavy (non-hydrogen) atoms. The third kappa shape index (κ3) is 6.49. The first kappa shape index (κ1) is 21.7. The Morgan fingerprint density at radius 1 is 1.20 bits per heavy atom. The van der Waals surface area contributed by atoms with Crippen molar-refractivity contribution in [3.05, 3.63) is 29.8 Å². The average molecular weight is 458 g/mol. The lowest BCUT2D eigenvalue weighted by atomic mass is 10.0. The molecule has 0 spiro atoms. The van der Waals surface area contributed by atoms with Crippen molar-refractivity contribution in [3.63, 3.8) is 0 Å². The fraction of sp³-hybridized carbons (Fsp3) is 0.579. The quantitative estimate of drug-likeness (QED) is 0.374. The van der Waals surface area contributed by atoms with E-state index in [1.165, 1.54) is 18.4 Å². The Kier molecular flexibility index (Phi) is 9.85. The first-order chi connectivity index (χ1) is 11.7. The standard InChI is InChI=1S/C19H30N4O.HI/c1-4-15(5-2)13-21-19(20-3)22-14-16-8-10-17(11-9-16)23-12-6-7-18(23)24;/h8-11,15H,4-7,12-14H2,1-3H3,(H2,20,21,22);1H. The monoisotopic (exact) mass is 458 g/mol. The maximum absolute atomic E-state index is 11.8. The second-order valence-corrected chi connectivity index (χ2v) is 6.30. The summed E-state index contributed by atoms with van der Waals surface area (Å²) in [6.07, 6.45) is 3.98. The molecule has 1 fully saturated rings. The van der Waals surface area contributed by atoms with E-state index in [1.807, 2.05) is 17.0 Å². The van der Waals surface area contributed by atoms with Crippen LogP contribution in [-0.2, 0) is 11.3 Å². The SMILES string of the molecule is CCC(CC)CNC(=NC)NCc1ccc(N2CCCC2=O)cc1.I. The Labute approximate surface area is 168 Å². The Hall–Kier alpha value is -1.31. The highest BCUT2D eigenvalue weighted by atomic mass is 127. The molecule has 1 aliphatic heterocycles. The number of benzene rings is 1. The number of guanidine groups is 1. The molecule has 1 aromatic rings. The number of halogens is 1. The minimum Gasteiger partial charge on any atom is -0.356 e.